The molecular formula is C15H19ClN4O3. The Morgan fingerprint density at radius 3 is 2.74 bits per heavy atom. The molecule has 2 N–H and O–H groups in total. The smallest absolute Gasteiger partial charge is 0.321 e. The second-order valence-electron chi connectivity index (χ2n) is 5.29. The van der Waals surface area contributed by atoms with E-state index in [1.807, 2.05) is 6.07 Å². The van der Waals surface area contributed by atoms with Crippen LogP contribution in [0.15, 0.2) is 24.3 Å². The molecule has 1 aromatic rings. The molecule has 124 valence electrons. The van der Waals surface area contributed by atoms with Crippen molar-refractivity contribution in [1.82, 2.24) is 15.5 Å². The average Bonchev–Trinajstić information content (AvgIpc) is 2.89. The maximum Gasteiger partial charge on any atom is 0.321 e. The molecule has 0 bridgehead atoms. The van der Waals surface area contributed by atoms with Gasteiger partial charge in [0.05, 0.1) is 23.3 Å². The molecule has 8 heteroatoms. The van der Waals surface area contributed by atoms with Gasteiger partial charge >= 0.3 is 6.03 Å². The van der Waals surface area contributed by atoms with Gasteiger partial charge in [-0.15, -0.1) is 0 Å². The molecule has 7 nitrogen and oxygen atoms in total. The number of nitrogens with zero attached hydrogens (tertiary/aromatic N) is 2. The Kier molecular flexibility index (Phi) is 5.57. The number of amides is 4. The summed E-state index contributed by atoms with van der Waals surface area (Å²) in [5, 5.41) is 4.99. The van der Waals surface area contributed by atoms with Gasteiger partial charge in [0.1, 0.15) is 0 Å². The molecule has 1 aliphatic rings. The fraction of sp³-hybridized carbons (Fsp3) is 0.400. The third kappa shape index (κ3) is 4.00. The summed E-state index contributed by atoms with van der Waals surface area (Å²) in [4.78, 5) is 38.7. The summed E-state index contributed by atoms with van der Waals surface area (Å²) in [5.74, 6) is -0.566. The monoisotopic (exact) mass is 338 g/mol. The van der Waals surface area contributed by atoms with Gasteiger partial charge in [0, 0.05) is 13.6 Å². The van der Waals surface area contributed by atoms with Crippen molar-refractivity contribution in [2.75, 3.05) is 32.1 Å². The Hall–Kier alpha value is -2.12. The third-order valence-corrected chi connectivity index (χ3v) is 4.05. The van der Waals surface area contributed by atoms with Gasteiger partial charge in [-0.3, -0.25) is 19.8 Å². The number of nitrogens with one attached hydrogen (secondary N) is 2. The number of urea groups is 1. The zero-order valence-corrected chi connectivity index (χ0v) is 13.8. The molecule has 1 aromatic carbocycles. The van der Waals surface area contributed by atoms with Crippen molar-refractivity contribution in [2.24, 2.45) is 0 Å². The normalized spacial score (nSPS) is 17.5. The lowest BCUT2D eigenvalue weighted by Crippen LogP contribution is -2.47. The van der Waals surface area contributed by atoms with Crippen LogP contribution >= 0.6 is 11.6 Å². The number of anilines is 1. The minimum absolute atomic E-state index is 0.0415. The van der Waals surface area contributed by atoms with Crippen LogP contribution in [0.25, 0.3) is 0 Å². The quantitative estimate of drug-likeness (QED) is 0.852. The summed E-state index contributed by atoms with van der Waals surface area (Å²) in [6.07, 6.45) is 0.591. The fourth-order valence-corrected chi connectivity index (χ4v) is 2.79. The van der Waals surface area contributed by atoms with Crippen molar-refractivity contribution in [2.45, 2.75) is 12.5 Å². The Morgan fingerprint density at radius 1 is 1.39 bits per heavy atom. The molecule has 2 rings (SSSR count). The van der Waals surface area contributed by atoms with Crippen LogP contribution in [0.1, 0.15) is 6.42 Å². The Labute approximate surface area is 139 Å². The van der Waals surface area contributed by atoms with Gasteiger partial charge in [-0.25, -0.2) is 4.79 Å². The summed E-state index contributed by atoms with van der Waals surface area (Å²) < 4.78 is 0. The molecule has 1 fully saturated rings. The molecule has 0 aliphatic carbocycles. The molecule has 1 heterocycles. The lowest BCUT2D eigenvalue weighted by molar-refractivity contribution is -0.124. The molecule has 0 aromatic heterocycles. The highest BCUT2D eigenvalue weighted by Gasteiger charge is 2.36. The Balaban J connectivity index is 2.00. The van der Waals surface area contributed by atoms with E-state index in [0.29, 0.717) is 23.7 Å². The molecule has 0 radical (unpaired) electrons. The van der Waals surface area contributed by atoms with Gasteiger partial charge in [-0.2, -0.15) is 0 Å². The van der Waals surface area contributed by atoms with Gasteiger partial charge < -0.3 is 10.2 Å². The van der Waals surface area contributed by atoms with Crippen molar-refractivity contribution in [3.05, 3.63) is 29.3 Å². The van der Waals surface area contributed by atoms with Crippen LogP contribution in [0.5, 0.6) is 0 Å². The van der Waals surface area contributed by atoms with Gasteiger partial charge in [-0.1, -0.05) is 23.7 Å². The van der Waals surface area contributed by atoms with Crippen LogP contribution in [0.4, 0.5) is 10.5 Å². The Morgan fingerprint density at radius 2 is 2.09 bits per heavy atom. The first-order valence-electron chi connectivity index (χ1n) is 7.21. The number of hydrogen-bond acceptors (Lipinski definition) is 4. The summed E-state index contributed by atoms with van der Waals surface area (Å²) in [6.45, 7) is 0.495. The number of imide groups is 1. The largest absolute Gasteiger partial charge is 0.341 e. The van der Waals surface area contributed by atoms with Crippen LogP contribution in [-0.4, -0.2) is 56.0 Å². The van der Waals surface area contributed by atoms with Crippen LogP contribution in [0, 0.1) is 0 Å². The van der Waals surface area contributed by atoms with E-state index in [9.17, 15) is 14.4 Å². The molecule has 1 unspecified atom stereocenters. The van der Waals surface area contributed by atoms with E-state index in [2.05, 4.69) is 10.6 Å². The molecule has 1 aliphatic heterocycles. The molecule has 1 atom stereocenters. The van der Waals surface area contributed by atoms with E-state index in [1.54, 1.807) is 35.0 Å². The van der Waals surface area contributed by atoms with Crippen molar-refractivity contribution < 1.29 is 14.4 Å². The number of para-hydroxylation sites is 1. The topological polar surface area (TPSA) is 81.8 Å². The van der Waals surface area contributed by atoms with E-state index < -0.39 is 18.0 Å². The summed E-state index contributed by atoms with van der Waals surface area (Å²) >= 11 is 6.14. The molecule has 0 saturated carbocycles. The standard InChI is InChI=1S/C15H19ClN4O3/c1-17-15(23)18-13(21)9-19(2)12-7-8-20(14(12)22)11-6-4-3-5-10(11)16/h3-6,12H,7-9H2,1-2H3,(H2,17,18,21,23). The fourth-order valence-electron chi connectivity index (χ4n) is 2.55. The van der Waals surface area contributed by atoms with E-state index >= 15 is 0 Å². The van der Waals surface area contributed by atoms with E-state index in [4.69, 9.17) is 11.6 Å². The average molecular weight is 339 g/mol. The van der Waals surface area contributed by atoms with Gasteiger partial charge in [0.25, 0.3) is 0 Å². The van der Waals surface area contributed by atoms with E-state index in [0.717, 1.165) is 0 Å². The Bertz CT molecular complexity index is 622. The molecular weight excluding hydrogens is 320 g/mol. The zero-order valence-electron chi connectivity index (χ0n) is 13.0. The highest BCUT2D eigenvalue weighted by atomic mass is 35.5. The third-order valence-electron chi connectivity index (χ3n) is 3.73. The number of carbonyl (C=O) groups is 3. The van der Waals surface area contributed by atoms with Crippen LogP contribution < -0.4 is 15.5 Å². The summed E-state index contributed by atoms with van der Waals surface area (Å²) in [5.41, 5.74) is 0.671. The first-order chi connectivity index (χ1) is 10.9. The lowest BCUT2D eigenvalue weighted by atomic mass is 10.2. The SMILES string of the molecule is CNC(=O)NC(=O)CN(C)C1CCN(c2ccccc2Cl)C1=O. The maximum atomic E-state index is 12.6. The van der Waals surface area contributed by atoms with Gasteiger partial charge in [0.2, 0.25) is 11.8 Å². The van der Waals surface area contributed by atoms with Crippen molar-refractivity contribution in [3.63, 3.8) is 0 Å². The van der Waals surface area contributed by atoms with E-state index in [1.165, 1.54) is 7.05 Å². The number of halogens is 1. The van der Waals surface area contributed by atoms with Crippen LogP contribution in [-0.2, 0) is 9.59 Å². The minimum atomic E-state index is -0.571. The number of rotatable bonds is 4. The minimum Gasteiger partial charge on any atom is -0.341 e. The summed E-state index contributed by atoms with van der Waals surface area (Å²) in [7, 11) is 3.11. The first-order valence-corrected chi connectivity index (χ1v) is 7.59. The zero-order chi connectivity index (χ0) is 17.0. The first kappa shape index (κ1) is 17.2. The molecule has 4 amide bonds. The highest BCUT2D eigenvalue weighted by Crippen LogP contribution is 2.30. The predicted molar refractivity (Wildman–Crippen MR) is 87.4 cm³/mol. The lowest BCUT2D eigenvalue weighted by Gasteiger charge is -2.23. The maximum absolute atomic E-state index is 12.6. The molecule has 0 spiro atoms. The molecule has 23 heavy (non-hydrogen) atoms. The van der Waals surface area contributed by atoms with Gasteiger partial charge in [-0.05, 0) is 25.6 Å². The second-order valence-corrected chi connectivity index (χ2v) is 5.70. The van der Waals surface area contributed by atoms with Crippen molar-refractivity contribution >= 4 is 35.1 Å². The number of hydrogen-bond donors (Lipinski definition) is 2. The van der Waals surface area contributed by atoms with Crippen LogP contribution in [0.3, 0.4) is 0 Å². The van der Waals surface area contributed by atoms with E-state index in [-0.39, 0.29) is 12.5 Å². The predicted octanol–water partition coefficient (Wildman–Crippen LogP) is 0.833. The second kappa shape index (κ2) is 7.43. The highest BCUT2D eigenvalue weighted by molar-refractivity contribution is 6.33. The number of likely N-dealkylation sites (N-methyl/N-ethyl adjacent to an activating group) is 1. The summed E-state index contributed by atoms with van der Waals surface area (Å²) in [6, 6.07) is 6.17. The number of benzene rings is 1. The van der Waals surface area contributed by atoms with Crippen LogP contribution in [0.2, 0.25) is 5.02 Å². The molecule has 1 saturated heterocycles. The van der Waals surface area contributed by atoms with Crippen molar-refractivity contribution in [3.8, 4) is 0 Å². The van der Waals surface area contributed by atoms with Crippen molar-refractivity contribution in [1.29, 1.82) is 0 Å². The van der Waals surface area contributed by atoms with Gasteiger partial charge in [0.15, 0.2) is 0 Å². The number of carbonyl (C=O) groups excluding carboxylic acids is 3.